The van der Waals surface area contributed by atoms with Crippen molar-refractivity contribution in [2.45, 2.75) is 9.79 Å². The molecule has 4 amide bonds. The van der Waals surface area contributed by atoms with E-state index in [0.29, 0.717) is 11.4 Å². The van der Waals surface area contributed by atoms with E-state index in [2.05, 4.69) is 21.3 Å². The molecule has 0 bridgehead atoms. The second kappa shape index (κ2) is 15.9. The fraction of sp³-hybridized carbons (Fsp3) is 0. The van der Waals surface area contributed by atoms with Crippen LogP contribution in [0.4, 0.5) is 38.9 Å². The summed E-state index contributed by atoms with van der Waals surface area (Å²) in [5.74, 6) is -1.28. The van der Waals surface area contributed by atoms with Gasteiger partial charge >= 0.3 is 65.1 Å². The van der Waals surface area contributed by atoms with Gasteiger partial charge in [0.1, 0.15) is 20.2 Å². The largest absolute Gasteiger partial charge is 1.00 e. The summed E-state index contributed by atoms with van der Waals surface area (Å²) in [5, 5.41) is 9.04. The first-order chi connectivity index (χ1) is 20.6. The van der Waals surface area contributed by atoms with Crippen LogP contribution in [0.15, 0.2) is 94.7 Å². The minimum Gasteiger partial charge on any atom is -0.744 e. The van der Waals surface area contributed by atoms with Crippen molar-refractivity contribution in [3.8, 4) is 0 Å². The van der Waals surface area contributed by atoms with E-state index in [0.717, 1.165) is 24.3 Å². The van der Waals surface area contributed by atoms with Crippen LogP contribution in [0, 0.1) is 0 Å². The van der Waals surface area contributed by atoms with Gasteiger partial charge in [-0.15, -0.1) is 0 Å². The molecule has 4 aromatic rings. The van der Waals surface area contributed by atoms with Crippen LogP contribution in [-0.4, -0.2) is 43.8 Å². The predicted octanol–water partition coefficient (Wildman–Crippen LogP) is -3.18. The molecule has 0 heterocycles. The number of rotatable bonds is 8. The molecule has 0 radical (unpaired) electrons. The van der Waals surface area contributed by atoms with Crippen molar-refractivity contribution in [1.29, 1.82) is 0 Å². The van der Waals surface area contributed by atoms with Gasteiger partial charge in [-0.05, 0) is 84.9 Å². The van der Waals surface area contributed by atoms with E-state index >= 15 is 0 Å². The van der Waals surface area contributed by atoms with Crippen molar-refractivity contribution in [3.63, 3.8) is 0 Å². The molecule has 4 rings (SSSR count). The van der Waals surface area contributed by atoms with Gasteiger partial charge in [0.05, 0.1) is 21.2 Å². The van der Waals surface area contributed by atoms with E-state index in [4.69, 9.17) is 11.5 Å². The second-order valence-electron chi connectivity index (χ2n) is 9.06. The molecule has 19 heteroatoms. The fourth-order valence-corrected chi connectivity index (χ4v) is 5.09. The van der Waals surface area contributed by atoms with Gasteiger partial charge in [0.25, 0.3) is 11.8 Å². The zero-order valence-electron chi connectivity index (χ0n) is 24.2. The first-order valence-corrected chi connectivity index (χ1v) is 15.0. The number of urea groups is 1. The zero-order chi connectivity index (χ0) is 32.2. The van der Waals surface area contributed by atoms with Crippen LogP contribution < -0.4 is 91.8 Å². The quantitative estimate of drug-likeness (QED) is 0.0612. The average Bonchev–Trinajstić information content (AvgIpc) is 2.94. The number of hydrogen-bond acceptors (Lipinski definition) is 11. The number of nitrogens with two attached hydrogens (primary N) is 2. The Labute approximate surface area is 307 Å². The Morgan fingerprint density at radius 1 is 0.522 bits per heavy atom. The predicted molar refractivity (Wildman–Crippen MR) is 159 cm³/mol. The van der Waals surface area contributed by atoms with E-state index in [1.165, 1.54) is 60.7 Å². The molecule has 46 heavy (non-hydrogen) atoms. The van der Waals surface area contributed by atoms with E-state index in [1.54, 1.807) is 0 Å². The molecule has 0 saturated carbocycles. The Kier molecular flexibility index (Phi) is 13.4. The SMILES string of the molecule is Nc1ccc(C(=O)Nc2ccc(NC(=O)Nc3ccc(NC(=O)c4ccc(N)cc4)cc3S(=O)(=O)[O-])c(S(=O)(=O)[O-])c2)cc1.[Na+].[Na+]. The van der Waals surface area contributed by atoms with Crippen LogP contribution in [0.3, 0.4) is 0 Å². The minimum absolute atomic E-state index is 0. The number of anilines is 6. The maximum absolute atomic E-state index is 12.7. The molecule has 0 aliphatic carbocycles. The van der Waals surface area contributed by atoms with Crippen molar-refractivity contribution in [2.24, 2.45) is 0 Å². The summed E-state index contributed by atoms with van der Waals surface area (Å²) in [6, 6.07) is 16.4. The van der Waals surface area contributed by atoms with Gasteiger partial charge in [0.2, 0.25) is 0 Å². The van der Waals surface area contributed by atoms with Crippen LogP contribution >= 0.6 is 0 Å². The normalized spacial score (nSPS) is 10.8. The molecule has 0 spiro atoms. The van der Waals surface area contributed by atoms with E-state index in [-0.39, 0.29) is 81.6 Å². The van der Waals surface area contributed by atoms with Gasteiger partial charge in [0, 0.05) is 33.9 Å². The number of carbonyl (C=O) groups excluding carboxylic acids is 3. The van der Waals surface area contributed by atoms with Crippen molar-refractivity contribution in [2.75, 3.05) is 32.7 Å². The molecule has 228 valence electrons. The molecule has 0 aliphatic rings. The molecule has 15 nitrogen and oxygen atoms in total. The van der Waals surface area contributed by atoms with E-state index < -0.39 is 59.2 Å². The summed E-state index contributed by atoms with van der Waals surface area (Å²) < 4.78 is 71.7. The van der Waals surface area contributed by atoms with E-state index in [9.17, 15) is 40.3 Å². The minimum atomic E-state index is -5.21. The number of nitrogens with one attached hydrogen (secondary N) is 4. The summed E-state index contributed by atoms with van der Waals surface area (Å²) in [5.41, 5.74) is 11.2. The summed E-state index contributed by atoms with van der Waals surface area (Å²) in [7, 11) is -10.4. The van der Waals surface area contributed by atoms with Gasteiger partial charge in [-0.25, -0.2) is 21.6 Å². The van der Waals surface area contributed by atoms with Crippen molar-refractivity contribution in [3.05, 3.63) is 96.1 Å². The van der Waals surface area contributed by atoms with Gasteiger partial charge in [-0.2, -0.15) is 0 Å². The van der Waals surface area contributed by atoms with Crippen LogP contribution in [0.25, 0.3) is 0 Å². The number of benzene rings is 4. The molecule has 8 N–H and O–H groups in total. The van der Waals surface area contributed by atoms with Crippen molar-refractivity contribution >= 4 is 72.2 Å². The molecule has 0 unspecified atom stereocenters. The number of carbonyl (C=O) groups is 3. The van der Waals surface area contributed by atoms with Crippen LogP contribution in [-0.2, 0) is 20.2 Å². The maximum Gasteiger partial charge on any atom is 1.00 e. The summed E-state index contributed by atoms with van der Waals surface area (Å²) in [6.07, 6.45) is 0. The first kappa shape index (κ1) is 38.7. The zero-order valence-corrected chi connectivity index (χ0v) is 29.9. The molecule has 0 fully saturated rings. The van der Waals surface area contributed by atoms with Gasteiger partial charge in [-0.1, -0.05) is 0 Å². The third-order valence-electron chi connectivity index (χ3n) is 5.86. The van der Waals surface area contributed by atoms with Crippen LogP contribution in [0.5, 0.6) is 0 Å². The monoisotopic (exact) mass is 684 g/mol. The third-order valence-corrected chi connectivity index (χ3v) is 7.61. The van der Waals surface area contributed by atoms with Crippen LogP contribution in [0.2, 0.25) is 0 Å². The summed E-state index contributed by atoms with van der Waals surface area (Å²) in [6.45, 7) is 0. The molecule has 0 aliphatic heterocycles. The van der Waals surface area contributed by atoms with Crippen molar-refractivity contribution < 1.29 is 99.4 Å². The topological polar surface area (TPSA) is 266 Å². The van der Waals surface area contributed by atoms with Crippen molar-refractivity contribution in [1.82, 2.24) is 0 Å². The number of amides is 4. The molecule has 0 atom stereocenters. The molecular formula is C27H22N6Na2O9S2. The van der Waals surface area contributed by atoms with E-state index in [1.807, 2.05) is 0 Å². The molecule has 0 aromatic heterocycles. The molecular weight excluding hydrogens is 662 g/mol. The Morgan fingerprint density at radius 2 is 0.848 bits per heavy atom. The standard InChI is InChI=1S/C27H24N6O9S2.2Na/c28-17-5-1-15(2-6-17)25(34)30-19-9-11-21(23(13-19)43(37,38)39)32-27(36)33-22-12-10-20(14-24(22)44(40,41)42)31-26(35)16-3-7-18(29)8-4-16;;/h1-14H,28-29H2,(H,30,34)(H,31,35)(H2,32,33,36)(H,37,38,39)(H,40,41,42);;/q;2*+1/p-2. The molecule has 0 saturated heterocycles. The Bertz CT molecular complexity index is 1850. The summed E-state index contributed by atoms with van der Waals surface area (Å²) in [4.78, 5) is 35.8. The van der Waals surface area contributed by atoms with Gasteiger partial charge < -0.3 is 41.8 Å². The Balaban J connectivity index is 0.00000368. The first-order valence-electron chi connectivity index (χ1n) is 12.2. The number of hydrogen-bond donors (Lipinski definition) is 6. The Hall–Kier alpha value is -3.49. The average molecular weight is 685 g/mol. The Morgan fingerprint density at radius 3 is 1.15 bits per heavy atom. The molecule has 4 aromatic carbocycles. The summed E-state index contributed by atoms with van der Waals surface area (Å²) >= 11 is 0. The maximum atomic E-state index is 12.7. The third kappa shape index (κ3) is 10.3. The van der Waals surface area contributed by atoms with Crippen LogP contribution in [0.1, 0.15) is 20.7 Å². The van der Waals surface area contributed by atoms with Gasteiger partial charge in [-0.3, -0.25) is 9.59 Å². The number of nitrogen functional groups attached to an aromatic ring is 2. The smallest absolute Gasteiger partial charge is 0.744 e. The fourth-order valence-electron chi connectivity index (χ4n) is 3.77. The second-order valence-corrected chi connectivity index (χ2v) is 11.8. The van der Waals surface area contributed by atoms with Gasteiger partial charge in [0.15, 0.2) is 0 Å².